The zero-order valence-electron chi connectivity index (χ0n) is 10.7. The zero-order valence-corrected chi connectivity index (χ0v) is 10.7. The van der Waals surface area contributed by atoms with Gasteiger partial charge in [0.05, 0.1) is 0 Å². The summed E-state index contributed by atoms with van der Waals surface area (Å²) >= 11 is 0. The van der Waals surface area contributed by atoms with Crippen LogP contribution in [0.15, 0.2) is 0 Å². The van der Waals surface area contributed by atoms with Gasteiger partial charge in [-0.2, -0.15) is 0 Å². The van der Waals surface area contributed by atoms with Gasteiger partial charge in [-0.05, 0) is 44.4 Å². The van der Waals surface area contributed by atoms with Crippen molar-refractivity contribution in [2.45, 2.75) is 58.4 Å². The van der Waals surface area contributed by atoms with E-state index in [4.69, 9.17) is 5.73 Å². The van der Waals surface area contributed by atoms with Crippen LogP contribution in [0.4, 0.5) is 0 Å². The lowest BCUT2D eigenvalue weighted by atomic mass is 9.82. The number of hydrogen-bond acceptors (Lipinski definition) is 2. The van der Waals surface area contributed by atoms with Crippen LogP contribution in [0.1, 0.15) is 52.4 Å². The Labute approximate surface area is 99.2 Å². The summed E-state index contributed by atoms with van der Waals surface area (Å²) in [6.07, 6.45) is 6.40. The van der Waals surface area contributed by atoms with Gasteiger partial charge in [-0.15, -0.1) is 0 Å². The molecule has 1 aliphatic carbocycles. The summed E-state index contributed by atoms with van der Waals surface area (Å²) in [5.74, 6) is 1.31. The van der Waals surface area contributed by atoms with E-state index in [1.807, 2.05) is 0 Å². The van der Waals surface area contributed by atoms with Crippen molar-refractivity contribution in [3.8, 4) is 0 Å². The van der Waals surface area contributed by atoms with Gasteiger partial charge in [0, 0.05) is 18.5 Å². The first kappa shape index (κ1) is 13.5. The molecule has 0 bridgehead atoms. The Morgan fingerprint density at radius 3 is 2.56 bits per heavy atom. The highest BCUT2D eigenvalue weighted by Gasteiger charge is 2.23. The number of amides is 1. The first-order valence-corrected chi connectivity index (χ1v) is 6.66. The van der Waals surface area contributed by atoms with Crippen LogP contribution in [0.2, 0.25) is 0 Å². The number of hydrogen-bond donors (Lipinski definition) is 2. The summed E-state index contributed by atoms with van der Waals surface area (Å²) in [7, 11) is 0. The maximum absolute atomic E-state index is 11.8. The summed E-state index contributed by atoms with van der Waals surface area (Å²) in [5.41, 5.74) is 5.80. The SMILES string of the molecule is CCC(N)CCNC(=O)C1CCC(C)CC1. The average Bonchev–Trinajstić information content (AvgIpc) is 2.29. The maximum atomic E-state index is 11.8. The minimum absolute atomic E-state index is 0.228. The topological polar surface area (TPSA) is 55.1 Å². The van der Waals surface area contributed by atoms with Crippen molar-refractivity contribution >= 4 is 5.91 Å². The van der Waals surface area contributed by atoms with E-state index in [9.17, 15) is 4.79 Å². The zero-order chi connectivity index (χ0) is 12.0. The Balaban J connectivity index is 2.15. The summed E-state index contributed by atoms with van der Waals surface area (Å²) in [6.45, 7) is 5.09. The van der Waals surface area contributed by atoms with Crippen molar-refractivity contribution < 1.29 is 4.79 Å². The number of rotatable bonds is 5. The molecule has 3 heteroatoms. The predicted octanol–water partition coefficient (Wildman–Crippen LogP) is 2.06. The largest absolute Gasteiger partial charge is 0.356 e. The Bertz CT molecular complexity index is 210. The van der Waals surface area contributed by atoms with Crippen LogP contribution in [0.3, 0.4) is 0 Å². The van der Waals surface area contributed by atoms with Gasteiger partial charge in [-0.3, -0.25) is 4.79 Å². The minimum Gasteiger partial charge on any atom is -0.356 e. The normalized spacial score (nSPS) is 27.4. The van der Waals surface area contributed by atoms with Crippen molar-refractivity contribution in [3.63, 3.8) is 0 Å². The molecule has 0 aromatic heterocycles. The Hall–Kier alpha value is -0.570. The summed E-state index contributed by atoms with van der Waals surface area (Å²) < 4.78 is 0. The van der Waals surface area contributed by atoms with E-state index in [1.165, 1.54) is 12.8 Å². The van der Waals surface area contributed by atoms with Gasteiger partial charge < -0.3 is 11.1 Å². The van der Waals surface area contributed by atoms with Crippen LogP contribution >= 0.6 is 0 Å². The lowest BCUT2D eigenvalue weighted by Crippen LogP contribution is -2.35. The molecule has 0 heterocycles. The summed E-state index contributed by atoms with van der Waals surface area (Å²) in [5, 5.41) is 3.01. The van der Waals surface area contributed by atoms with E-state index in [0.717, 1.165) is 38.1 Å². The molecule has 1 aliphatic rings. The van der Waals surface area contributed by atoms with Gasteiger partial charge in [0.25, 0.3) is 0 Å². The van der Waals surface area contributed by atoms with Gasteiger partial charge in [0.15, 0.2) is 0 Å². The monoisotopic (exact) mass is 226 g/mol. The van der Waals surface area contributed by atoms with Crippen LogP contribution in [0.5, 0.6) is 0 Å². The van der Waals surface area contributed by atoms with E-state index in [0.29, 0.717) is 0 Å². The van der Waals surface area contributed by atoms with Gasteiger partial charge in [-0.1, -0.05) is 13.8 Å². The second-order valence-electron chi connectivity index (χ2n) is 5.20. The lowest BCUT2D eigenvalue weighted by molar-refractivity contribution is -0.126. The molecule has 1 rings (SSSR count). The lowest BCUT2D eigenvalue weighted by Gasteiger charge is -2.25. The van der Waals surface area contributed by atoms with Crippen LogP contribution in [-0.2, 0) is 4.79 Å². The molecule has 0 aromatic carbocycles. The number of nitrogens with one attached hydrogen (secondary N) is 1. The molecule has 0 saturated heterocycles. The highest BCUT2D eigenvalue weighted by Crippen LogP contribution is 2.28. The molecule has 3 nitrogen and oxygen atoms in total. The van der Waals surface area contributed by atoms with Crippen molar-refractivity contribution in [2.75, 3.05) is 6.54 Å². The molecule has 16 heavy (non-hydrogen) atoms. The molecule has 1 amide bonds. The predicted molar refractivity (Wildman–Crippen MR) is 67.0 cm³/mol. The minimum atomic E-state index is 0.228. The fourth-order valence-corrected chi connectivity index (χ4v) is 2.25. The number of carbonyl (C=O) groups excluding carboxylic acids is 1. The maximum Gasteiger partial charge on any atom is 0.223 e. The molecule has 0 aromatic rings. The van der Waals surface area contributed by atoms with E-state index >= 15 is 0 Å². The fraction of sp³-hybridized carbons (Fsp3) is 0.923. The van der Waals surface area contributed by atoms with Crippen molar-refractivity contribution in [1.29, 1.82) is 0 Å². The van der Waals surface area contributed by atoms with E-state index < -0.39 is 0 Å². The fourth-order valence-electron chi connectivity index (χ4n) is 2.25. The third-order valence-electron chi connectivity index (χ3n) is 3.73. The second kappa shape index (κ2) is 6.89. The van der Waals surface area contributed by atoms with Crippen molar-refractivity contribution in [2.24, 2.45) is 17.6 Å². The van der Waals surface area contributed by atoms with E-state index in [-0.39, 0.29) is 17.9 Å². The quantitative estimate of drug-likeness (QED) is 0.754. The van der Waals surface area contributed by atoms with Crippen molar-refractivity contribution in [3.05, 3.63) is 0 Å². The van der Waals surface area contributed by atoms with Crippen LogP contribution in [-0.4, -0.2) is 18.5 Å². The molecular weight excluding hydrogens is 200 g/mol. The molecule has 1 unspecified atom stereocenters. The first-order chi connectivity index (χ1) is 7.63. The standard InChI is InChI=1S/C13H26N2O/c1-3-12(14)8-9-15-13(16)11-6-4-10(2)5-7-11/h10-12H,3-9,14H2,1-2H3,(H,15,16). The highest BCUT2D eigenvalue weighted by atomic mass is 16.1. The van der Waals surface area contributed by atoms with Crippen LogP contribution < -0.4 is 11.1 Å². The second-order valence-corrected chi connectivity index (χ2v) is 5.20. The summed E-state index contributed by atoms with van der Waals surface area (Å²) in [6, 6.07) is 0.228. The van der Waals surface area contributed by atoms with Gasteiger partial charge >= 0.3 is 0 Å². The Morgan fingerprint density at radius 1 is 1.38 bits per heavy atom. The average molecular weight is 226 g/mol. The first-order valence-electron chi connectivity index (χ1n) is 6.66. The molecule has 0 radical (unpaired) electrons. The molecular formula is C13H26N2O. The molecule has 0 aliphatic heterocycles. The molecule has 94 valence electrons. The third-order valence-corrected chi connectivity index (χ3v) is 3.73. The van der Waals surface area contributed by atoms with Crippen LogP contribution in [0.25, 0.3) is 0 Å². The van der Waals surface area contributed by atoms with Gasteiger partial charge in [-0.25, -0.2) is 0 Å². The molecule has 1 fully saturated rings. The highest BCUT2D eigenvalue weighted by molar-refractivity contribution is 5.78. The van der Waals surface area contributed by atoms with Crippen molar-refractivity contribution in [1.82, 2.24) is 5.32 Å². The van der Waals surface area contributed by atoms with Gasteiger partial charge in [0.1, 0.15) is 0 Å². The van der Waals surface area contributed by atoms with Crippen LogP contribution in [0, 0.1) is 11.8 Å². The van der Waals surface area contributed by atoms with E-state index in [1.54, 1.807) is 0 Å². The smallest absolute Gasteiger partial charge is 0.223 e. The summed E-state index contributed by atoms with van der Waals surface area (Å²) in [4.78, 5) is 11.8. The Morgan fingerprint density at radius 2 is 2.00 bits per heavy atom. The number of carbonyl (C=O) groups is 1. The molecule has 1 atom stereocenters. The van der Waals surface area contributed by atoms with Gasteiger partial charge in [0.2, 0.25) is 5.91 Å². The molecule has 3 N–H and O–H groups in total. The number of nitrogens with two attached hydrogens (primary N) is 1. The third kappa shape index (κ3) is 4.52. The Kier molecular flexibility index (Phi) is 5.81. The molecule has 1 saturated carbocycles. The molecule has 0 spiro atoms. The van der Waals surface area contributed by atoms with E-state index in [2.05, 4.69) is 19.2 Å².